The van der Waals surface area contributed by atoms with E-state index in [1.807, 2.05) is 6.07 Å². The van der Waals surface area contributed by atoms with Crippen LogP contribution in [0.25, 0.3) is 0 Å². The van der Waals surface area contributed by atoms with Crippen molar-refractivity contribution < 1.29 is 19.1 Å². The highest BCUT2D eigenvalue weighted by atomic mass is 32.2. The van der Waals surface area contributed by atoms with E-state index < -0.39 is 18.0 Å². The molecule has 0 bridgehead atoms. The SMILES string of the molecule is CC(=O)c1cccc(NC(=O)[C@@H](C)OC(=O)CCSc2ccc(C)c(C)c2)c1. The molecule has 5 nitrogen and oxygen atoms in total. The fourth-order valence-corrected chi connectivity index (χ4v) is 3.35. The average molecular weight is 400 g/mol. The second-order valence-electron chi connectivity index (χ2n) is 6.60. The van der Waals surface area contributed by atoms with Crippen molar-refractivity contribution in [2.45, 2.75) is 45.1 Å². The normalized spacial score (nSPS) is 11.6. The molecule has 0 spiro atoms. The molecule has 2 rings (SSSR count). The van der Waals surface area contributed by atoms with Gasteiger partial charge in [-0.25, -0.2) is 0 Å². The van der Waals surface area contributed by atoms with E-state index in [1.54, 1.807) is 36.0 Å². The number of Topliss-reactive ketones (excluding diaryl/α,β-unsaturated/α-hetero) is 1. The van der Waals surface area contributed by atoms with E-state index in [4.69, 9.17) is 4.74 Å². The van der Waals surface area contributed by atoms with E-state index in [9.17, 15) is 14.4 Å². The van der Waals surface area contributed by atoms with Gasteiger partial charge < -0.3 is 10.1 Å². The number of anilines is 1. The van der Waals surface area contributed by atoms with Gasteiger partial charge in [0.15, 0.2) is 11.9 Å². The third kappa shape index (κ3) is 6.53. The van der Waals surface area contributed by atoms with Gasteiger partial charge in [0, 0.05) is 21.9 Å². The lowest BCUT2D eigenvalue weighted by Gasteiger charge is -2.14. The lowest BCUT2D eigenvalue weighted by atomic mass is 10.1. The van der Waals surface area contributed by atoms with E-state index >= 15 is 0 Å². The molecule has 2 aromatic rings. The Labute approximate surface area is 169 Å². The first-order valence-corrected chi connectivity index (χ1v) is 10.1. The third-order valence-electron chi connectivity index (χ3n) is 4.27. The summed E-state index contributed by atoms with van der Waals surface area (Å²) in [6, 6.07) is 12.8. The van der Waals surface area contributed by atoms with Crippen LogP contribution in [0.1, 0.15) is 41.8 Å². The number of carbonyl (C=O) groups is 3. The van der Waals surface area contributed by atoms with Gasteiger partial charge in [0.1, 0.15) is 0 Å². The van der Waals surface area contributed by atoms with Crippen molar-refractivity contribution >= 4 is 35.1 Å². The Bertz CT molecular complexity index is 879. The number of amides is 1. The summed E-state index contributed by atoms with van der Waals surface area (Å²) in [5, 5.41) is 2.66. The number of esters is 1. The molecular weight excluding hydrogens is 374 g/mol. The first-order valence-electron chi connectivity index (χ1n) is 9.07. The first kappa shape index (κ1) is 21.7. The molecule has 0 aliphatic heterocycles. The van der Waals surface area contributed by atoms with Gasteiger partial charge in [0.25, 0.3) is 5.91 Å². The van der Waals surface area contributed by atoms with Crippen LogP contribution in [-0.4, -0.2) is 29.5 Å². The Morgan fingerprint density at radius 3 is 2.50 bits per heavy atom. The van der Waals surface area contributed by atoms with Crippen LogP contribution in [0, 0.1) is 13.8 Å². The van der Waals surface area contributed by atoms with Crippen molar-refractivity contribution in [2.75, 3.05) is 11.1 Å². The summed E-state index contributed by atoms with van der Waals surface area (Å²) in [4.78, 5) is 36.7. The van der Waals surface area contributed by atoms with Gasteiger partial charge in [-0.1, -0.05) is 18.2 Å². The number of aryl methyl sites for hydroxylation is 2. The van der Waals surface area contributed by atoms with Crippen LogP contribution >= 0.6 is 11.8 Å². The zero-order valence-corrected chi connectivity index (χ0v) is 17.4. The molecule has 1 amide bonds. The maximum Gasteiger partial charge on any atom is 0.307 e. The number of rotatable bonds is 8. The molecule has 1 atom stereocenters. The van der Waals surface area contributed by atoms with Gasteiger partial charge in [-0.2, -0.15) is 0 Å². The summed E-state index contributed by atoms with van der Waals surface area (Å²) in [6.07, 6.45) is -0.699. The molecule has 0 fully saturated rings. The molecule has 1 N–H and O–H groups in total. The van der Waals surface area contributed by atoms with E-state index in [-0.39, 0.29) is 12.2 Å². The highest BCUT2D eigenvalue weighted by molar-refractivity contribution is 7.99. The molecule has 0 aliphatic carbocycles. The summed E-state index contributed by atoms with van der Waals surface area (Å²) >= 11 is 1.58. The quantitative estimate of drug-likeness (QED) is 0.400. The average Bonchev–Trinajstić information content (AvgIpc) is 2.64. The minimum atomic E-state index is -0.917. The standard InChI is InChI=1S/C22H25NO4S/c1-14-8-9-20(12-15(14)2)28-11-10-21(25)27-17(4)22(26)23-19-7-5-6-18(13-19)16(3)24/h5-9,12-13,17H,10-11H2,1-4H3,(H,23,26)/t17-/m1/s1. The first-order chi connectivity index (χ1) is 13.3. The van der Waals surface area contributed by atoms with Gasteiger partial charge >= 0.3 is 5.97 Å². The van der Waals surface area contributed by atoms with Crippen LogP contribution in [0.15, 0.2) is 47.4 Å². The molecule has 0 aliphatic rings. The van der Waals surface area contributed by atoms with Crippen molar-refractivity contribution in [1.82, 2.24) is 0 Å². The lowest BCUT2D eigenvalue weighted by molar-refractivity contribution is -0.152. The summed E-state index contributed by atoms with van der Waals surface area (Å²) in [5.74, 6) is -0.361. The number of ketones is 1. The fourth-order valence-electron chi connectivity index (χ4n) is 2.43. The van der Waals surface area contributed by atoms with E-state index in [1.165, 1.54) is 25.0 Å². The number of hydrogen-bond acceptors (Lipinski definition) is 5. The lowest BCUT2D eigenvalue weighted by Crippen LogP contribution is -2.30. The van der Waals surface area contributed by atoms with Crippen LogP contribution in [0.4, 0.5) is 5.69 Å². The van der Waals surface area contributed by atoms with Gasteiger partial charge in [-0.3, -0.25) is 14.4 Å². The molecule has 0 saturated heterocycles. The van der Waals surface area contributed by atoms with Crippen molar-refractivity contribution in [3.63, 3.8) is 0 Å². The third-order valence-corrected chi connectivity index (χ3v) is 5.26. The smallest absolute Gasteiger partial charge is 0.307 e. The summed E-state index contributed by atoms with van der Waals surface area (Å²) in [7, 11) is 0. The van der Waals surface area contributed by atoms with Gasteiger partial charge in [0.05, 0.1) is 6.42 Å². The van der Waals surface area contributed by atoms with Crippen LogP contribution in [0.3, 0.4) is 0 Å². The zero-order chi connectivity index (χ0) is 20.7. The molecule has 148 valence electrons. The maximum atomic E-state index is 12.2. The largest absolute Gasteiger partial charge is 0.453 e. The number of benzene rings is 2. The van der Waals surface area contributed by atoms with Crippen molar-refractivity contribution in [3.05, 3.63) is 59.2 Å². The highest BCUT2D eigenvalue weighted by Crippen LogP contribution is 2.22. The number of hydrogen-bond donors (Lipinski definition) is 1. The van der Waals surface area contributed by atoms with Crippen LogP contribution in [0.5, 0.6) is 0 Å². The number of nitrogens with one attached hydrogen (secondary N) is 1. The van der Waals surface area contributed by atoms with Gasteiger partial charge in [-0.15, -0.1) is 11.8 Å². The topological polar surface area (TPSA) is 72.5 Å². The number of carbonyl (C=O) groups excluding carboxylic acids is 3. The summed E-state index contributed by atoms with van der Waals surface area (Å²) in [6.45, 7) is 7.10. The number of ether oxygens (including phenoxy) is 1. The summed E-state index contributed by atoms with van der Waals surface area (Å²) in [5.41, 5.74) is 3.45. The Hall–Kier alpha value is -2.60. The molecule has 2 aromatic carbocycles. The molecule has 0 saturated carbocycles. The van der Waals surface area contributed by atoms with E-state index in [2.05, 4.69) is 31.3 Å². The van der Waals surface area contributed by atoms with E-state index in [0.29, 0.717) is 17.0 Å². The van der Waals surface area contributed by atoms with Gasteiger partial charge in [0.2, 0.25) is 0 Å². The number of thioether (sulfide) groups is 1. The maximum absolute atomic E-state index is 12.2. The molecule has 0 heterocycles. The predicted octanol–water partition coefficient (Wildman–Crippen LogP) is 4.56. The molecule has 0 aromatic heterocycles. The van der Waals surface area contributed by atoms with Crippen molar-refractivity contribution in [2.24, 2.45) is 0 Å². The highest BCUT2D eigenvalue weighted by Gasteiger charge is 2.18. The van der Waals surface area contributed by atoms with Crippen molar-refractivity contribution in [1.29, 1.82) is 0 Å². The van der Waals surface area contributed by atoms with Gasteiger partial charge in [-0.05, 0) is 63.1 Å². The molecular formula is C22H25NO4S. The predicted molar refractivity (Wildman–Crippen MR) is 112 cm³/mol. The van der Waals surface area contributed by atoms with E-state index in [0.717, 1.165) is 4.90 Å². The molecule has 6 heteroatoms. The Balaban J connectivity index is 1.79. The Morgan fingerprint density at radius 2 is 1.82 bits per heavy atom. The monoisotopic (exact) mass is 399 g/mol. The zero-order valence-electron chi connectivity index (χ0n) is 16.6. The van der Waals surface area contributed by atoms with Crippen LogP contribution < -0.4 is 5.32 Å². The molecule has 28 heavy (non-hydrogen) atoms. The minimum absolute atomic E-state index is 0.0863. The van der Waals surface area contributed by atoms with Crippen molar-refractivity contribution in [3.8, 4) is 0 Å². The Kier molecular flexibility index (Phi) is 7.81. The second kappa shape index (κ2) is 10.1. The molecule has 0 unspecified atom stereocenters. The van der Waals surface area contributed by atoms with Crippen LogP contribution in [-0.2, 0) is 14.3 Å². The fraction of sp³-hybridized carbons (Fsp3) is 0.318. The minimum Gasteiger partial charge on any atom is -0.453 e. The second-order valence-corrected chi connectivity index (χ2v) is 7.77. The molecule has 0 radical (unpaired) electrons. The summed E-state index contributed by atoms with van der Waals surface area (Å²) < 4.78 is 5.21. The van der Waals surface area contributed by atoms with Crippen LogP contribution in [0.2, 0.25) is 0 Å². The Morgan fingerprint density at radius 1 is 1.07 bits per heavy atom.